The summed E-state index contributed by atoms with van der Waals surface area (Å²) >= 11 is 3.07. The molecule has 6 nitrogen and oxygen atoms in total. The van der Waals surface area contributed by atoms with E-state index in [0.29, 0.717) is 16.6 Å². The van der Waals surface area contributed by atoms with E-state index in [2.05, 4.69) is 21.2 Å². The maximum atomic E-state index is 11.8. The first-order valence-electron chi connectivity index (χ1n) is 5.32. The molecule has 0 spiro atoms. The molecule has 0 heterocycles. The molecule has 1 rings (SSSR count). The second kappa shape index (κ2) is 5.45. The highest BCUT2D eigenvalue weighted by atomic mass is 79.9. The molecular formula is C11H14BrN3O3. The highest BCUT2D eigenvalue weighted by Gasteiger charge is 2.26. The van der Waals surface area contributed by atoms with Crippen molar-refractivity contribution in [2.75, 3.05) is 5.32 Å². The molecular weight excluding hydrogens is 302 g/mol. The molecule has 7 heteroatoms. The molecule has 0 aromatic heterocycles. The van der Waals surface area contributed by atoms with Crippen molar-refractivity contribution in [2.45, 2.75) is 25.8 Å². The van der Waals surface area contributed by atoms with Crippen LogP contribution in [0, 0.1) is 10.1 Å². The monoisotopic (exact) mass is 315 g/mol. The number of hydrogen-bond acceptors (Lipinski definition) is 4. The Labute approximate surface area is 113 Å². The summed E-state index contributed by atoms with van der Waals surface area (Å²) in [5.41, 5.74) is 5.02. The van der Waals surface area contributed by atoms with Gasteiger partial charge in [0.25, 0.3) is 5.69 Å². The maximum Gasteiger partial charge on any atom is 0.285 e. The van der Waals surface area contributed by atoms with Crippen molar-refractivity contribution in [2.24, 2.45) is 5.73 Å². The molecule has 1 aromatic rings. The molecule has 0 aliphatic carbocycles. The minimum absolute atomic E-state index is 0.108. The fraction of sp³-hybridized carbons (Fsp3) is 0.364. The summed E-state index contributed by atoms with van der Waals surface area (Å²) in [6.07, 6.45) is 0.470. The number of amides is 1. The van der Waals surface area contributed by atoms with Crippen LogP contribution in [0.4, 0.5) is 11.4 Å². The third-order valence-corrected chi connectivity index (χ3v) is 3.32. The Bertz CT molecular complexity index is 488. The molecule has 1 amide bonds. The second-order valence-corrected chi connectivity index (χ2v) is 5.00. The Morgan fingerprint density at radius 2 is 2.22 bits per heavy atom. The van der Waals surface area contributed by atoms with E-state index in [0.717, 1.165) is 0 Å². The molecule has 0 saturated carbocycles. The predicted molar refractivity (Wildman–Crippen MR) is 72.3 cm³/mol. The van der Waals surface area contributed by atoms with Gasteiger partial charge in [-0.25, -0.2) is 0 Å². The molecule has 3 N–H and O–H groups in total. The lowest BCUT2D eigenvalue weighted by Crippen LogP contribution is -2.47. The fourth-order valence-corrected chi connectivity index (χ4v) is 1.56. The first-order chi connectivity index (χ1) is 8.27. The van der Waals surface area contributed by atoms with Crippen LogP contribution >= 0.6 is 15.9 Å². The number of anilines is 1. The van der Waals surface area contributed by atoms with Crippen LogP contribution in [-0.4, -0.2) is 16.4 Å². The van der Waals surface area contributed by atoms with Crippen LogP contribution in [0.2, 0.25) is 0 Å². The summed E-state index contributed by atoms with van der Waals surface area (Å²) in [6.45, 7) is 3.40. The SMILES string of the molecule is CCC(C)(N)C(=O)Nc1ccc(Br)c([N+](=O)[O-])c1. The molecule has 1 aromatic carbocycles. The van der Waals surface area contributed by atoms with Crippen LogP contribution in [-0.2, 0) is 4.79 Å². The van der Waals surface area contributed by atoms with Crippen molar-refractivity contribution in [1.29, 1.82) is 0 Å². The van der Waals surface area contributed by atoms with Gasteiger partial charge >= 0.3 is 0 Å². The smallest absolute Gasteiger partial charge is 0.285 e. The van der Waals surface area contributed by atoms with Crippen molar-refractivity contribution in [1.82, 2.24) is 0 Å². The summed E-state index contributed by atoms with van der Waals surface area (Å²) in [6, 6.07) is 4.36. The average Bonchev–Trinajstić information content (AvgIpc) is 2.31. The zero-order chi connectivity index (χ0) is 13.9. The molecule has 0 bridgehead atoms. The summed E-state index contributed by atoms with van der Waals surface area (Å²) in [7, 11) is 0. The van der Waals surface area contributed by atoms with Crippen LogP contribution in [0.3, 0.4) is 0 Å². The van der Waals surface area contributed by atoms with Crippen molar-refractivity contribution < 1.29 is 9.72 Å². The van der Waals surface area contributed by atoms with Crippen LogP contribution in [0.15, 0.2) is 22.7 Å². The molecule has 0 aliphatic rings. The number of nitro groups is 1. The third kappa shape index (κ3) is 3.27. The number of nitro benzene ring substituents is 1. The lowest BCUT2D eigenvalue weighted by Gasteiger charge is -2.21. The fourth-order valence-electron chi connectivity index (χ4n) is 1.16. The topological polar surface area (TPSA) is 98.3 Å². The van der Waals surface area contributed by atoms with Crippen molar-refractivity contribution in [3.05, 3.63) is 32.8 Å². The van der Waals surface area contributed by atoms with Crippen molar-refractivity contribution in [3.63, 3.8) is 0 Å². The van der Waals surface area contributed by atoms with Gasteiger partial charge in [-0.15, -0.1) is 0 Å². The predicted octanol–water partition coefficient (Wildman–Crippen LogP) is 2.42. The number of nitrogens with zero attached hydrogens (tertiary/aromatic N) is 1. The van der Waals surface area contributed by atoms with Gasteiger partial charge in [0.2, 0.25) is 5.91 Å². The van der Waals surface area contributed by atoms with E-state index < -0.39 is 10.5 Å². The van der Waals surface area contributed by atoms with E-state index in [9.17, 15) is 14.9 Å². The normalized spacial score (nSPS) is 13.8. The second-order valence-electron chi connectivity index (χ2n) is 4.15. The Balaban J connectivity index is 2.96. The number of carbonyl (C=O) groups excluding carboxylic acids is 1. The summed E-state index contributed by atoms with van der Waals surface area (Å²) in [4.78, 5) is 22.0. The van der Waals surface area contributed by atoms with Crippen molar-refractivity contribution in [3.8, 4) is 0 Å². The van der Waals surface area contributed by atoms with Gasteiger partial charge in [-0.1, -0.05) is 6.92 Å². The number of rotatable bonds is 4. The minimum atomic E-state index is -0.998. The van der Waals surface area contributed by atoms with E-state index in [1.807, 2.05) is 0 Å². The molecule has 0 aliphatic heterocycles. The summed E-state index contributed by atoms with van der Waals surface area (Å²) in [5.74, 6) is -0.373. The van der Waals surface area contributed by atoms with E-state index in [-0.39, 0.29) is 11.6 Å². The molecule has 18 heavy (non-hydrogen) atoms. The number of halogens is 1. The molecule has 1 atom stereocenters. The van der Waals surface area contributed by atoms with Gasteiger partial charge in [0, 0.05) is 11.8 Å². The number of nitrogens with one attached hydrogen (secondary N) is 1. The molecule has 0 radical (unpaired) electrons. The van der Waals surface area contributed by atoms with E-state index in [1.54, 1.807) is 19.9 Å². The summed E-state index contributed by atoms with van der Waals surface area (Å²) < 4.78 is 0.358. The highest BCUT2D eigenvalue weighted by molar-refractivity contribution is 9.10. The van der Waals surface area contributed by atoms with E-state index in [4.69, 9.17) is 5.73 Å². The molecule has 1 unspecified atom stereocenters. The zero-order valence-electron chi connectivity index (χ0n) is 10.1. The van der Waals surface area contributed by atoms with Gasteiger partial charge in [-0.2, -0.15) is 0 Å². The minimum Gasteiger partial charge on any atom is -0.324 e. The van der Waals surface area contributed by atoms with Gasteiger partial charge in [-0.3, -0.25) is 14.9 Å². The van der Waals surface area contributed by atoms with Crippen LogP contribution in [0.1, 0.15) is 20.3 Å². The van der Waals surface area contributed by atoms with Crippen LogP contribution < -0.4 is 11.1 Å². The van der Waals surface area contributed by atoms with E-state index in [1.165, 1.54) is 12.1 Å². The number of benzene rings is 1. The first-order valence-corrected chi connectivity index (χ1v) is 6.11. The number of carbonyl (C=O) groups is 1. The number of nitrogens with two attached hydrogens (primary N) is 1. The lowest BCUT2D eigenvalue weighted by molar-refractivity contribution is -0.385. The highest BCUT2D eigenvalue weighted by Crippen LogP contribution is 2.28. The van der Waals surface area contributed by atoms with Gasteiger partial charge in [0.15, 0.2) is 0 Å². The largest absolute Gasteiger partial charge is 0.324 e. The Kier molecular flexibility index (Phi) is 4.42. The molecule has 0 saturated heterocycles. The lowest BCUT2D eigenvalue weighted by atomic mass is 9.99. The zero-order valence-corrected chi connectivity index (χ0v) is 11.7. The van der Waals surface area contributed by atoms with Gasteiger partial charge < -0.3 is 11.1 Å². The van der Waals surface area contributed by atoms with Crippen LogP contribution in [0.5, 0.6) is 0 Å². The Morgan fingerprint density at radius 1 is 1.61 bits per heavy atom. The van der Waals surface area contributed by atoms with Crippen molar-refractivity contribution >= 4 is 33.2 Å². The molecule has 98 valence electrons. The van der Waals surface area contributed by atoms with Crippen LogP contribution in [0.25, 0.3) is 0 Å². The molecule has 0 fully saturated rings. The quantitative estimate of drug-likeness (QED) is 0.658. The Hall–Kier alpha value is -1.47. The maximum absolute atomic E-state index is 11.8. The Morgan fingerprint density at radius 3 is 2.72 bits per heavy atom. The standard InChI is InChI=1S/C11H14BrN3O3/c1-3-11(2,13)10(16)14-7-4-5-8(12)9(6-7)15(17)18/h4-6H,3,13H2,1-2H3,(H,14,16). The average molecular weight is 316 g/mol. The van der Waals surface area contributed by atoms with Gasteiger partial charge in [-0.05, 0) is 41.4 Å². The van der Waals surface area contributed by atoms with Gasteiger partial charge in [0.05, 0.1) is 14.9 Å². The first kappa shape index (κ1) is 14.6. The van der Waals surface area contributed by atoms with E-state index >= 15 is 0 Å². The number of hydrogen-bond donors (Lipinski definition) is 2. The third-order valence-electron chi connectivity index (χ3n) is 2.65. The summed E-state index contributed by atoms with van der Waals surface area (Å²) in [5, 5.41) is 13.3. The van der Waals surface area contributed by atoms with Gasteiger partial charge in [0.1, 0.15) is 0 Å².